The van der Waals surface area contributed by atoms with Crippen LogP contribution in [0, 0.1) is 5.92 Å². The number of benzene rings is 1. The van der Waals surface area contributed by atoms with Gasteiger partial charge in [0.15, 0.2) is 0 Å². The fraction of sp³-hybridized carbons (Fsp3) is 0.400. The van der Waals surface area contributed by atoms with Crippen molar-refractivity contribution in [1.82, 2.24) is 10.9 Å². The number of hydrazine groups is 1. The van der Waals surface area contributed by atoms with Crippen LogP contribution >= 0.6 is 15.9 Å². The van der Waals surface area contributed by atoms with Gasteiger partial charge in [0, 0.05) is 10.9 Å². The van der Waals surface area contributed by atoms with Crippen molar-refractivity contribution in [2.24, 2.45) is 5.92 Å². The van der Waals surface area contributed by atoms with E-state index in [0.29, 0.717) is 16.5 Å². The van der Waals surface area contributed by atoms with Crippen molar-refractivity contribution in [3.63, 3.8) is 0 Å². The predicted octanol–water partition coefficient (Wildman–Crippen LogP) is 2.49. The van der Waals surface area contributed by atoms with Crippen molar-refractivity contribution in [2.45, 2.75) is 32.6 Å². The first-order chi connectivity index (χ1) is 10.5. The highest BCUT2D eigenvalue weighted by Gasteiger charge is 2.18. The molecule has 0 radical (unpaired) electrons. The molecule has 0 aliphatic rings. The first kappa shape index (κ1) is 18.2. The Kier molecular flexibility index (Phi) is 7.59. The number of halogens is 1. The van der Waals surface area contributed by atoms with E-state index in [4.69, 9.17) is 5.11 Å². The molecule has 0 aromatic heterocycles. The number of hydrogen-bond donors (Lipinski definition) is 3. The maximum Gasteiger partial charge on any atom is 0.306 e. The third kappa shape index (κ3) is 5.85. The largest absolute Gasteiger partial charge is 0.481 e. The first-order valence-electron chi connectivity index (χ1n) is 7.02. The van der Waals surface area contributed by atoms with Gasteiger partial charge in [0.2, 0.25) is 5.91 Å². The van der Waals surface area contributed by atoms with Crippen molar-refractivity contribution < 1.29 is 19.5 Å². The molecule has 0 spiro atoms. The van der Waals surface area contributed by atoms with Crippen LogP contribution in [0.1, 0.15) is 43.0 Å². The Balaban J connectivity index is 2.41. The van der Waals surface area contributed by atoms with E-state index < -0.39 is 23.7 Å². The molecule has 1 aromatic rings. The lowest BCUT2D eigenvalue weighted by Crippen LogP contribution is -2.41. The summed E-state index contributed by atoms with van der Waals surface area (Å²) in [5.41, 5.74) is 5.00. The summed E-state index contributed by atoms with van der Waals surface area (Å²) in [6.45, 7) is 1.90. The number of carbonyl (C=O) groups excluding carboxylic acids is 2. The van der Waals surface area contributed by atoms with Crippen LogP contribution < -0.4 is 10.9 Å². The van der Waals surface area contributed by atoms with E-state index in [0.717, 1.165) is 6.42 Å². The average Bonchev–Trinajstić information content (AvgIpc) is 2.49. The molecule has 0 aliphatic heterocycles. The van der Waals surface area contributed by atoms with Crippen LogP contribution in [0.25, 0.3) is 0 Å². The summed E-state index contributed by atoms with van der Waals surface area (Å²) >= 11 is 3.25. The third-order valence-electron chi connectivity index (χ3n) is 3.14. The number of carboxylic acids is 1. The Labute approximate surface area is 137 Å². The molecule has 7 heteroatoms. The summed E-state index contributed by atoms with van der Waals surface area (Å²) in [5, 5.41) is 9.01. The number of nitrogens with one attached hydrogen (secondary N) is 2. The zero-order chi connectivity index (χ0) is 16.5. The van der Waals surface area contributed by atoms with Gasteiger partial charge in [-0.3, -0.25) is 25.2 Å². The van der Waals surface area contributed by atoms with Gasteiger partial charge < -0.3 is 5.11 Å². The molecule has 2 amide bonds. The quantitative estimate of drug-likeness (QED) is 0.642. The summed E-state index contributed by atoms with van der Waals surface area (Å²) in [4.78, 5) is 34.5. The Hall–Kier alpha value is -1.89. The molecular weight excluding hydrogens is 352 g/mol. The van der Waals surface area contributed by atoms with Crippen LogP contribution in [0.4, 0.5) is 0 Å². The molecule has 6 nitrogen and oxygen atoms in total. The molecule has 1 atom stereocenters. The average molecular weight is 371 g/mol. The minimum atomic E-state index is -0.896. The molecule has 0 bridgehead atoms. The monoisotopic (exact) mass is 370 g/mol. The maximum absolute atomic E-state index is 11.9. The Bertz CT molecular complexity index is 548. The van der Waals surface area contributed by atoms with Crippen LogP contribution in [-0.2, 0) is 9.59 Å². The Morgan fingerprint density at radius 2 is 1.86 bits per heavy atom. The van der Waals surface area contributed by atoms with Gasteiger partial charge in [-0.1, -0.05) is 25.5 Å². The van der Waals surface area contributed by atoms with Crippen molar-refractivity contribution in [3.8, 4) is 0 Å². The van der Waals surface area contributed by atoms with Gasteiger partial charge in [-0.2, -0.15) is 0 Å². The van der Waals surface area contributed by atoms with E-state index in [-0.39, 0.29) is 12.8 Å². The standard InChI is InChI=1S/C15H19BrN2O4/c1-2-5-10(15(21)22)8-9-13(19)17-18-14(20)11-6-3-4-7-12(11)16/h3-4,6-7,10H,2,5,8-9H2,1H3,(H,17,19)(H,18,20)(H,21,22). The number of hydrogen-bond acceptors (Lipinski definition) is 3. The summed E-state index contributed by atoms with van der Waals surface area (Å²) in [7, 11) is 0. The lowest BCUT2D eigenvalue weighted by atomic mass is 9.98. The van der Waals surface area contributed by atoms with E-state index >= 15 is 0 Å². The number of rotatable bonds is 7. The second-order valence-electron chi connectivity index (χ2n) is 4.84. The first-order valence-corrected chi connectivity index (χ1v) is 7.81. The number of aliphatic carboxylic acids is 1. The van der Waals surface area contributed by atoms with Gasteiger partial charge in [-0.05, 0) is 40.9 Å². The Morgan fingerprint density at radius 1 is 1.18 bits per heavy atom. The molecule has 0 fully saturated rings. The lowest BCUT2D eigenvalue weighted by Gasteiger charge is -2.11. The molecule has 120 valence electrons. The van der Waals surface area contributed by atoms with E-state index in [1.807, 2.05) is 6.92 Å². The minimum absolute atomic E-state index is 0.0488. The second kappa shape index (κ2) is 9.19. The van der Waals surface area contributed by atoms with Crippen LogP contribution in [-0.4, -0.2) is 22.9 Å². The number of carboxylic acid groups (broad SMARTS) is 1. The molecule has 0 saturated heterocycles. The summed E-state index contributed by atoms with van der Waals surface area (Å²) < 4.78 is 0.621. The van der Waals surface area contributed by atoms with Crippen molar-refractivity contribution >= 4 is 33.7 Å². The molecule has 1 rings (SSSR count). The van der Waals surface area contributed by atoms with Gasteiger partial charge in [-0.15, -0.1) is 0 Å². The highest BCUT2D eigenvalue weighted by Crippen LogP contribution is 2.15. The molecule has 0 aliphatic carbocycles. The van der Waals surface area contributed by atoms with Crippen LogP contribution in [0.5, 0.6) is 0 Å². The highest BCUT2D eigenvalue weighted by molar-refractivity contribution is 9.10. The molecule has 3 N–H and O–H groups in total. The minimum Gasteiger partial charge on any atom is -0.481 e. The SMILES string of the molecule is CCCC(CCC(=O)NNC(=O)c1ccccc1Br)C(=O)O. The summed E-state index contributed by atoms with van der Waals surface area (Å²) in [6, 6.07) is 6.83. The van der Waals surface area contributed by atoms with E-state index in [2.05, 4.69) is 26.8 Å². The van der Waals surface area contributed by atoms with Gasteiger partial charge in [-0.25, -0.2) is 0 Å². The molecular formula is C15H19BrN2O4. The summed E-state index contributed by atoms with van der Waals surface area (Å²) in [5.74, 6) is -2.28. The predicted molar refractivity (Wildman–Crippen MR) is 85.0 cm³/mol. The highest BCUT2D eigenvalue weighted by atomic mass is 79.9. The zero-order valence-electron chi connectivity index (χ0n) is 12.3. The van der Waals surface area contributed by atoms with Gasteiger partial charge in [0.1, 0.15) is 0 Å². The molecule has 1 unspecified atom stereocenters. The fourth-order valence-corrected chi connectivity index (χ4v) is 2.41. The topological polar surface area (TPSA) is 95.5 Å². The number of amides is 2. The maximum atomic E-state index is 11.9. The molecule has 0 heterocycles. The van der Waals surface area contributed by atoms with Gasteiger partial charge >= 0.3 is 5.97 Å². The lowest BCUT2D eigenvalue weighted by molar-refractivity contribution is -0.142. The van der Waals surface area contributed by atoms with Crippen LogP contribution in [0.15, 0.2) is 28.7 Å². The summed E-state index contributed by atoms with van der Waals surface area (Å²) in [6.07, 6.45) is 1.58. The van der Waals surface area contributed by atoms with E-state index in [1.165, 1.54) is 0 Å². The third-order valence-corrected chi connectivity index (χ3v) is 3.83. The van der Waals surface area contributed by atoms with Crippen LogP contribution in [0.3, 0.4) is 0 Å². The molecule has 22 heavy (non-hydrogen) atoms. The van der Waals surface area contributed by atoms with Gasteiger partial charge in [0.05, 0.1) is 11.5 Å². The van der Waals surface area contributed by atoms with E-state index in [9.17, 15) is 14.4 Å². The van der Waals surface area contributed by atoms with Gasteiger partial charge in [0.25, 0.3) is 5.91 Å². The second-order valence-corrected chi connectivity index (χ2v) is 5.70. The zero-order valence-corrected chi connectivity index (χ0v) is 13.9. The smallest absolute Gasteiger partial charge is 0.306 e. The molecule has 1 aromatic carbocycles. The Morgan fingerprint density at radius 3 is 2.45 bits per heavy atom. The van der Waals surface area contributed by atoms with E-state index in [1.54, 1.807) is 24.3 Å². The van der Waals surface area contributed by atoms with Crippen LogP contribution in [0.2, 0.25) is 0 Å². The molecule has 0 saturated carbocycles. The fourth-order valence-electron chi connectivity index (χ4n) is 1.95. The van der Waals surface area contributed by atoms with Crippen molar-refractivity contribution in [3.05, 3.63) is 34.3 Å². The van der Waals surface area contributed by atoms with Crippen molar-refractivity contribution in [1.29, 1.82) is 0 Å². The number of carbonyl (C=O) groups is 3. The van der Waals surface area contributed by atoms with Crippen molar-refractivity contribution in [2.75, 3.05) is 0 Å². The normalized spacial score (nSPS) is 11.5.